The highest BCUT2D eigenvalue weighted by Gasteiger charge is 2.31. The Hall–Kier alpha value is -4.21. The van der Waals surface area contributed by atoms with Crippen LogP contribution in [0.25, 0.3) is 6.08 Å². The van der Waals surface area contributed by atoms with Crippen LogP contribution < -0.4 is 14.8 Å². The highest BCUT2D eigenvalue weighted by atomic mass is 19.4. The number of ether oxygens (including phenoxy) is 2. The van der Waals surface area contributed by atoms with Gasteiger partial charge in [0.05, 0.1) is 0 Å². The number of allylic oxidation sites excluding steroid dienone is 1. The average Bonchev–Trinajstić information content (AvgIpc) is 3.23. The molecule has 2 N–H and O–H groups in total. The van der Waals surface area contributed by atoms with Gasteiger partial charge in [-0.3, -0.25) is 4.79 Å². The molecular weight excluding hydrogens is 453 g/mol. The number of carbonyl (C=O) groups is 2. The summed E-state index contributed by atoms with van der Waals surface area (Å²) in [5.74, 6) is -1.46. The number of carbonyl (C=O) groups excluding carboxylic acids is 1. The van der Waals surface area contributed by atoms with Crippen LogP contribution in [0.5, 0.6) is 11.5 Å². The number of halogens is 3. The highest BCUT2D eigenvalue weighted by Crippen LogP contribution is 2.24. The van der Waals surface area contributed by atoms with Crippen LogP contribution in [0.3, 0.4) is 0 Å². The van der Waals surface area contributed by atoms with E-state index in [0.29, 0.717) is 23.7 Å². The van der Waals surface area contributed by atoms with Gasteiger partial charge in [0.2, 0.25) is 0 Å². The van der Waals surface area contributed by atoms with Crippen LogP contribution in [0, 0.1) is 0 Å². The SMILES string of the molecule is CC(Oc1cccc(C=CCn2cccc2C(=O)Nc2ccc(OC(F)(F)F)cc2)c1)C(=O)O. The number of benzene rings is 2. The Morgan fingerprint density at radius 1 is 1.09 bits per heavy atom. The normalized spacial score (nSPS) is 12.4. The van der Waals surface area contributed by atoms with Crippen molar-refractivity contribution in [3.8, 4) is 11.5 Å². The Labute approximate surface area is 193 Å². The smallest absolute Gasteiger partial charge is 0.479 e. The number of alkyl halides is 3. The quantitative estimate of drug-likeness (QED) is 0.445. The Kier molecular flexibility index (Phi) is 7.62. The Bertz CT molecular complexity index is 1170. The molecule has 2 aromatic carbocycles. The summed E-state index contributed by atoms with van der Waals surface area (Å²) < 4.78 is 47.6. The average molecular weight is 474 g/mol. The minimum absolute atomic E-state index is 0.315. The largest absolute Gasteiger partial charge is 0.573 e. The van der Waals surface area contributed by atoms with Gasteiger partial charge in [0, 0.05) is 18.4 Å². The number of carboxylic acid groups (broad SMARTS) is 1. The first kappa shape index (κ1) is 24.4. The molecule has 1 heterocycles. The second-order valence-corrected chi connectivity index (χ2v) is 7.15. The molecule has 0 aliphatic heterocycles. The van der Waals surface area contributed by atoms with Crippen LogP contribution in [-0.4, -0.2) is 34.0 Å². The third-order valence-corrected chi connectivity index (χ3v) is 4.54. The van der Waals surface area contributed by atoms with E-state index in [4.69, 9.17) is 9.84 Å². The van der Waals surface area contributed by atoms with Crippen LogP contribution >= 0.6 is 0 Å². The molecule has 0 aliphatic rings. The van der Waals surface area contributed by atoms with Crippen molar-refractivity contribution in [2.24, 2.45) is 0 Å². The van der Waals surface area contributed by atoms with Crippen molar-refractivity contribution in [2.45, 2.75) is 25.9 Å². The van der Waals surface area contributed by atoms with Crippen molar-refractivity contribution >= 4 is 23.6 Å². The minimum Gasteiger partial charge on any atom is -0.479 e. The minimum atomic E-state index is -4.79. The molecule has 1 amide bonds. The van der Waals surface area contributed by atoms with Crippen LogP contribution in [-0.2, 0) is 11.3 Å². The summed E-state index contributed by atoms with van der Waals surface area (Å²) in [6.45, 7) is 1.80. The molecule has 1 unspecified atom stereocenters. The van der Waals surface area contributed by atoms with Crippen molar-refractivity contribution in [3.05, 3.63) is 84.2 Å². The lowest BCUT2D eigenvalue weighted by Crippen LogP contribution is -2.22. The van der Waals surface area contributed by atoms with E-state index in [9.17, 15) is 22.8 Å². The summed E-state index contributed by atoms with van der Waals surface area (Å²) in [7, 11) is 0. The van der Waals surface area contributed by atoms with Gasteiger partial charge in [-0.05, 0) is 61.0 Å². The van der Waals surface area contributed by atoms with Crippen molar-refractivity contribution in [1.29, 1.82) is 0 Å². The fraction of sp³-hybridized carbons (Fsp3) is 0.167. The van der Waals surface area contributed by atoms with E-state index in [1.165, 1.54) is 19.1 Å². The molecule has 1 atom stereocenters. The molecule has 3 aromatic rings. The predicted octanol–water partition coefficient (Wildman–Crippen LogP) is 5.20. The summed E-state index contributed by atoms with van der Waals surface area (Å²) in [5.41, 5.74) is 1.46. The van der Waals surface area contributed by atoms with E-state index in [0.717, 1.165) is 17.7 Å². The Balaban J connectivity index is 1.61. The molecule has 0 saturated carbocycles. The summed E-state index contributed by atoms with van der Waals surface area (Å²) in [6.07, 6.45) is -0.426. The number of aliphatic carboxylic acids is 1. The van der Waals surface area contributed by atoms with E-state index in [1.807, 2.05) is 12.1 Å². The summed E-state index contributed by atoms with van der Waals surface area (Å²) in [4.78, 5) is 23.6. The van der Waals surface area contributed by atoms with Crippen LogP contribution in [0.1, 0.15) is 23.0 Å². The first-order valence-corrected chi connectivity index (χ1v) is 10.1. The van der Waals surface area contributed by atoms with Crippen LogP contribution in [0.2, 0.25) is 0 Å². The van der Waals surface area contributed by atoms with Gasteiger partial charge in [0.25, 0.3) is 5.91 Å². The van der Waals surface area contributed by atoms with Crippen molar-refractivity contribution in [2.75, 3.05) is 5.32 Å². The molecule has 0 aliphatic carbocycles. The third-order valence-electron chi connectivity index (χ3n) is 4.54. The first-order valence-electron chi connectivity index (χ1n) is 10.1. The molecule has 0 bridgehead atoms. The van der Waals surface area contributed by atoms with E-state index in [1.54, 1.807) is 47.2 Å². The topological polar surface area (TPSA) is 89.8 Å². The highest BCUT2D eigenvalue weighted by molar-refractivity contribution is 6.03. The summed E-state index contributed by atoms with van der Waals surface area (Å²) >= 11 is 0. The van der Waals surface area contributed by atoms with Crippen molar-refractivity contribution in [3.63, 3.8) is 0 Å². The Morgan fingerprint density at radius 3 is 2.50 bits per heavy atom. The molecule has 0 fully saturated rings. The van der Waals surface area contributed by atoms with Crippen LogP contribution in [0.4, 0.5) is 18.9 Å². The molecule has 178 valence electrons. The lowest BCUT2D eigenvalue weighted by Gasteiger charge is -2.11. The van der Waals surface area contributed by atoms with Gasteiger partial charge in [-0.2, -0.15) is 0 Å². The molecule has 10 heteroatoms. The third kappa shape index (κ3) is 7.16. The van der Waals surface area contributed by atoms with Crippen LogP contribution in [0.15, 0.2) is 72.9 Å². The molecule has 0 spiro atoms. The van der Waals surface area contributed by atoms with Gasteiger partial charge < -0.3 is 24.5 Å². The zero-order chi connectivity index (χ0) is 24.7. The van der Waals surface area contributed by atoms with Crippen molar-refractivity contribution in [1.82, 2.24) is 4.57 Å². The number of hydrogen-bond acceptors (Lipinski definition) is 4. The number of amides is 1. The molecule has 7 nitrogen and oxygen atoms in total. The fourth-order valence-electron chi connectivity index (χ4n) is 2.96. The number of nitrogens with one attached hydrogen (secondary N) is 1. The number of carboxylic acids is 1. The van der Waals surface area contributed by atoms with Gasteiger partial charge in [-0.15, -0.1) is 13.2 Å². The number of aromatic nitrogens is 1. The van der Waals surface area contributed by atoms with E-state index < -0.39 is 24.3 Å². The predicted molar refractivity (Wildman–Crippen MR) is 119 cm³/mol. The molecule has 1 aromatic heterocycles. The molecule has 0 saturated heterocycles. The first-order chi connectivity index (χ1) is 16.1. The van der Waals surface area contributed by atoms with E-state index in [-0.39, 0.29) is 5.75 Å². The summed E-state index contributed by atoms with van der Waals surface area (Å²) in [5, 5.41) is 11.6. The fourth-order valence-corrected chi connectivity index (χ4v) is 2.96. The standard InChI is InChI=1S/C24H21F3N2O5/c1-16(23(31)32)33-20-7-2-5-17(15-20)6-3-13-29-14-4-8-21(29)22(30)28-18-9-11-19(12-10-18)34-24(25,26)27/h2-12,14-16H,13H2,1H3,(H,28,30)(H,31,32). The van der Waals surface area contributed by atoms with Crippen molar-refractivity contribution < 1.29 is 37.3 Å². The second-order valence-electron chi connectivity index (χ2n) is 7.15. The molecule has 34 heavy (non-hydrogen) atoms. The number of anilines is 1. The molecular formula is C24H21F3N2O5. The van der Waals surface area contributed by atoms with Gasteiger partial charge in [-0.1, -0.05) is 24.3 Å². The van der Waals surface area contributed by atoms with E-state index in [2.05, 4.69) is 10.1 Å². The maximum Gasteiger partial charge on any atom is 0.573 e. The Morgan fingerprint density at radius 2 is 1.82 bits per heavy atom. The molecule has 0 radical (unpaired) electrons. The second kappa shape index (κ2) is 10.6. The zero-order valence-electron chi connectivity index (χ0n) is 18.0. The van der Waals surface area contributed by atoms with Gasteiger partial charge in [-0.25, -0.2) is 4.79 Å². The van der Waals surface area contributed by atoms with E-state index >= 15 is 0 Å². The molecule has 3 rings (SSSR count). The summed E-state index contributed by atoms with van der Waals surface area (Å²) in [6, 6.07) is 15.1. The monoisotopic (exact) mass is 474 g/mol. The number of nitrogens with zero attached hydrogens (tertiary/aromatic N) is 1. The van der Waals surface area contributed by atoms with Gasteiger partial charge in [0.1, 0.15) is 17.2 Å². The zero-order valence-corrected chi connectivity index (χ0v) is 18.0. The van der Waals surface area contributed by atoms with Gasteiger partial charge in [0.15, 0.2) is 6.10 Å². The lowest BCUT2D eigenvalue weighted by molar-refractivity contribution is -0.274. The maximum atomic E-state index is 12.6. The lowest BCUT2D eigenvalue weighted by atomic mass is 10.2. The maximum absolute atomic E-state index is 12.6. The number of hydrogen-bond donors (Lipinski definition) is 2. The van der Waals surface area contributed by atoms with Gasteiger partial charge >= 0.3 is 12.3 Å². The number of rotatable bonds is 9.